The van der Waals surface area contributed by atoms with Gasteiger partial charge >= 0.3 is 0 Å². The molecule has 2 unspecified atom stereocenters. The zero-order valence-corrected chi connectivity index (χ0v) is 14.4. The molecule has 1 aliphatic rings. The molecule has 0 saturated carbocycles. The molecule has 2 nitrogen and oxygen atoms in total. The lowest BCUT2D eigenvalue weighted by Crippen LogP contribution is -2.41. The second-order valence-electron chi connectivity index (χ2n) is 7.09. The van der Waals surface area contributed by atoms with Crippen LogP contribution in [0.2, 0.25) is 5.02 Å². The van der Waals surface area contributed by atoms with Gasteiger partial charge in [0.05, 0.1) is 6.04 Å². The maximum Gasteiger partial charge on any atom is 0.0513 e. The van der Waals surface area contributed by atoms with Crippen LogP contribution in [0.5, 0.6) is 0 Å². The average molecular weight is 309 g/mol. The Labute approximate surface area is 134 Å². The quantitative estimate of drug-likeness (QED) is 0.878. The monoisotopic (exact) mass is 308 g/mol. The standard InChI is InChI=1S/C18H29ClN2/c1-4-16(20)17(14-8-5-6-9-15(14)19)21-12-7-10-18(2,3)11-13-21/h5-6,8-9,16-17H,4,7,10-13,20H2,1-3H3. The number of hydrogen-bond acceptors (Lipinski definition) is 2. The Hall–Kier alpha value is -0.570. The number of rotatable bonds is 4. The van der Waals surface area contributed by atoms with Crippen molar-refractivity contribution in [3.8, 4) is 0 Å². The highest BCUT2D eigenvalue weighted by Crippen LogP contribution is 2.36. The minimum Gasteiger partial charge on any atom is -0.326 e. The highest BCUT2D eigenvalue weighted by molar-refractivity contribution is 6.31. The molecule has 1 heterocycles. The third-order valence-corrected chi connectivity index (χ3v) is 5.21. The summed E-state index contributed by atoms with van der Waals surface area (Å²) in [6.07, 6.45) is 4.73. The molecule has 3 heteroatoms. The summed E-state index contributed by atoms with van der Waals surface area (Å²) in [7, 11) is 0. The van der Waals surface area contributed by atoms with Crippen molar-refractivity contribution >= 4 is 11.6 Å². The van der Waals surface area contributed by atoms with E-state index in [4.69, 9.17) is 17.3 Å². The van der Waals surface area contributed by atoms with E-state index in [1.165, 1.54) is 24.8 Å². The van der Waals surface area contributed by atoms with Crippen molar-refractivity contribution in [3.05, 3.63) is 34.9 Å². The first kappa shape index (κ1) is 16.8. The fourth-order valence-electron chi connectivity index (χ4n) is 3.36. The summed E-state index contributed by atoms with van der Waals surface area (Å²) in [5.41, 5.74) is 8.10. The summed E-state index contributed by atoms with van der Waals surface area (Å²) in [5, 5.41) is 0.843. The van der Waals surface area contributed by atoms with E-state index in [1.807, 2.05) is 12.1 Å². The van der Waals surface area contributed by atoms with Crippen molar-refractivity contribution in [2.24, 2.45) is 11.1 Å². The van der Waals surface area contributed by atoms with Gasteiger partial charge in [-0.3, -0.25) is 4.90 Å². The molecule has 1 aliphatic heterocycles. The number of halogens is 1. The molecule has 0 amide bonds. The lowest BCUT2D eigenvalue weighted by molar-refractivity contribution is 0.169. The number of nitrogens with two attached hydrogens (primary N) is 1. The molecule has 1 fully saturated rings. The normalized spacial score (nSPS) is 22.5. The van der Waals surface area contributed by atoms with Crippen LogP contribution in [-0.2, 0) is 0 Å². The fraction of sp³-hybridized carbons (Fsp3) is 0.667. The number of nitrogens with zero attached hydrogens (tertiary/aromatic N) is 1. The smallest absolute Gasteiger partial charge is 0.0513 e. The minimum atomic E-state index is 0.131. The van der Waals surface area contributed by atoms with Crippen molar-refractivity contribution < 1.29 is 0 Å². The van der Waals surface area contributed by atoms with Crippen LogP contribution in [-0.4, -0.2) is 24.0 Å². The molecular formula is C18H29ClN2. The Morgan fingerprint density at radius 1 is 1.24 bits per heavy atom. The third-order valence-electron chi connectivity index (χ3n) is 4.87. The van der Waals surface area contributed by atoms with E-state index in [-0.39, 0.29) is 12.1 Å². The summed E-state index contributed by atoms with van der Waals surface area (Å²) in [6, 6.07) is 8.54. The van der Waals surface area contributed by atoms with E-state index in [1.54, 1.807) is 0 Å². The summed E-state index contributed by atoms with van der Waals surface area (Å²) in [6.45, 7) is 9.14. The SMILES string of the molecule is CCC(N)C(c1ccccc1Cl)N1CCCC(C)(C)CC1. The molecule has 0 bridgehead atoms. The fourth-order valence-corrected chi connectivity index (χ4v) is 3.61. The van der Waals surface area contributed by atoms with E-state index in [0.717, 1.165) is 24.5 Å². The van der Waals surface area contributed by atoms with Crippen LogP contribution >= 0.6 is 11.6 Å². The second kappa shape index (κ2) is 7.13. The van der Waals surface area contributed by atoms with Gasteiger partial charge in [-0.15, -0.1) is 0 Å². The van der Waals surface area contributed by atoms with Gasteiger partial charge in [0.1, 0.15) is 0 Å². The molecule has 21 heavy (non-hydrogen) atoms. The third kappa shape index (κ3) is 4.21. The largest absolute Gasteiger partial charge is 0.326 e. The van der Waals surface area contributed by atoms with Crippen LogP contribution in [0.4, 0.5) is 0 Å². The number of likely N-dealkylation sites (tertiary alicyclic amines) is 1. The predicted molar refractivity (Wildman–Crippen MR) is 91.7 cm³/mol. The Balaban J connectivity index is 2.26. The van der Waals surface area contributed by atoms with Crippen molar-refractivity contribution in [1.82, 2.24) is 4.90 Å². The molecular weight excluding hydrogens is 280 g/mol. The maximum atomic E-state index is 6.47. The molecule has 2 N–H and O–H groups in total. The zero-order chi connectivity index (χ0) is 15.5. The Bertz CT molecular complexity index is 458. The maximum absolute atomic E-state index is 6.47. The molecule has 0 radical (unpaired) electrons. The Morgan fingerprint density at radius 3 is 2.62 bits per heavy atom. The van der Waals surface area contributed by atoms with Gasteiger partial charge in [0, 0.05) is 11.1 Å². The minimum absolute atomic E-state index is 0.131. The highest BCUT2D eigenvalue weighted by Gasteiger charge is 2.31. The van der Waals surface area contributed by atoms with E-state index >= 15 is 0 Å². The summed E-state index contributed by atoms with van der Waals surface area (Å²) < 4.78 is 0. The van der Waals surface area contributed by atoms with Crippen LogP contribution < -0.4 is 5.73 Å². The first-order valence-electron chi connectivity index (χ1n) is 8.18. The molecule has 1 saturated heterocycles. The van der Waals surface area contributed by atoms with E-state index < -0.39 is 0 Å². The first-order valence-corrected chi connectivity index (χ1v) is 8.56. The summed E-state index contributed by atoms with van der Waals surface area (Å²) in [5.74, 6) is 0. The summed E-state index contributed by atoms with van der Waals surface area (Å²) >= 11 is 6.45. The van der Waals surface area contributed by atoms with Gasteiger partial charge in [-0.05, 0) is 55.8 Å². The van der Waals surface area contributed by atoms with Crippen molar-refractivity contribution in [2.45, 2.75) is 58.5 Å². The van der Waals surface area contributed by atoms with Crippen molar-refractivity contribution in [3.63, 3.8) is 0 Å². The van der Waals surface area contributed by atoms with E-state index in [2.05, 4.69) is 37.8 Å². The molecule has 2 rings (SSSR count). The predicted octanol–water partition coefficient (Wildman–Crippen LogP) is 4.63. The molecule has 2 atom stereocenters. The van der Waals surface area contributed by atoms with Gasteiger partial charge in [0.2, 0.25) is 0 Å². The molecule has 118 valence electrons. The topological polar surface area (TPSA) is 29.3 Å². The zero-order valence-electron chi connectivity index (χ0n) is 13.6. The van der Waals surface area contributed by atoms with Gasteiger partial charge in [-0.25, -0.2) is 0 Å². The van der Waals surface area contributed by atoms with Crippen LogP contribution in [0.1, 0.15) is 58.1 Å². The van der Waals surface area contributed by atoms with Gasteiger partial charge in [-0.2, -0.15) is 0 Å². The van der Waals surface area contributed by atoms with Gasteiger partial charge in [-0.1, -0.05) is 50.6 Å². The van der Waals surface area contributed by atoms with Crippen LogP contribution in [0.25, 0.3) is 0 Å². The number of benzene rings is 1. The molecule has 0 aliphatic carbocycles. The van der Waals surface area contributed by atoms with Crippen molar-refractivity contribution in [1.29, 1.82) is 0 Å². The lowest BCUT2D eigenvalue weighted by Gasteiger charge is -2.35. The van der Waals surface area contributed by atoms with Crippen molar-refractivity contribution in [2.75, 3.05) is 13.1 Å². The first-order chi connectivity index (χ1) is 9.94. The van der Waals surface area contributed by atoms with Crippen LogP contribution in [0, 0.1) is 5.41 Å². The Morgan fingerprint density at radius 2 is 1.95 bits per heavy atom. The highest BCUT2D eigenvalue weighted by atomic mass is 35.5. The van der Waals surface area contributed by atoms with Gasteiger partial charge < -0.3 is 5.73 Å². The Kier molecular flexibility index (Phi) is 5.70. The summed E-state index contributed by atoms with van der Waals surface area (Å²) in [4.78, 5) is 2.56. The van der Waals surface area contributed by atoms with E-state index in [9.17, 15) is 0 Å². The van der Waals surface area contributed by atoms with E-state index in [0.29, 0.717) is 5.41 Å². The second-order valence-corrected chi connectivity index (χ2v) is 7.50. The number of hydrogen-bond donors (Lipinski definition) is 1. The molecule has 0 aromatic heterocycles. The lowest BCUT2D eigenvalue weighted by atomic mass is 9.85. The van der Waals surface area contributed by atoms with Crippen LogP contribution in [0.3, 0.4) is 0 Å². The van der Waals surface area contributed by atoms with Gasteiger partial charge in [0.25, 0.3) is 0 Å². The average Bonchev–Trinajstić information content (AvgIpc) is 2.62. The molecule has 1 aromatic carbocycles. The van der Waals surface area contributed by atoms with Gasteiger partial charge in [0.15, 0.2) is 0 Å². The molecule has 0 spiro atoms. The molecule has 1 aromatic rings. The van der Waals surface area contributed by atoms with Crippen LogP contribution in [0.15, 0.2) is 24.3 Å².